The Labute approximate surface area is 195 Å². The summed E-state index contributed by atoms with van der Waals surface area (Å²) in [4.78, 5) is 12.2. The van der Waals surface area contributed by atoms with Crippen LogP contribution in [0.4, 0.5) is 0 Å². The molecule has 0 spiro atoms. The molecule has 0 aliphatic heterocycles. The maximum atomic E-state index is 12.5. The van der Waals surface area contributed by atoms with Crippen LogP contribution in [0.3, 0.4) is 0 Å². The van der Waals surface area contributed by atoms with Crippen molar-refractivity contribution in [3.05, 3.63) is 11.6 Å². The zero-order chi connectivity index (χ0) is 23.5. The van der Waals surface area contributed by atoms with E-state index >= 15 is 0 Å². The average Bonchev–Trinajstić information content (AvgIpc) is 3.04. The Hall–Kier alpha value is -0.680. The molecule has 182 valence electrons. The van der Waals surface area contributed by atoms with E-state index in [4.69, 9.17) is 0 Å². The van der Waals surface area contributed by atoms with E-state index in [1.807, 2.05) is 0 Å². The summed E-state index contributed by atoms with van der Waals surface area (Å²) in [5, 5.41) is -0.900. The average molecular weight is 465 g/mol. The number of hydrogen-bond donors (Lipinski definition) is 1. The van der Waals surface area contributed by atoms with Crippen molar-refractivity contribution < 1.29 is 17.8 Å². The van der Waals surface area contributed by atoms with Crippen LogP contribution in [0.1, 0.15) is 98.8 Å². The van der Waals surface area contributed by atoms with Gasteiger partial charge in [-0.1, -0.05) is 53.9 Å². The minimum Gasteiger partial charge on any atom is -0.295 e. The molecule has 0 bridgehead atoms. The monoisotopic (exact) mass is 464 g/mol. The van der Waals surface area contributed by atoms with Crippen LogP contribution in [-0.2, 0) is 14.9 Å². The van der Waals surface area contributed by atoms with Gasteiger partial charge in [-0.15, -0.1) is 0 Å². The van der Waals surface area contributed by atoms with Crippen LogP contribution in [0.5, 0.6) is 0 Å². The van der Waals surface area contributed by atoms with Gasteiger partial charge in [0.25, 0.3) is 10.1 Å². The standard InChI is InChI=1S/C27H44O4S/c1-17(2)7-6-8-18(3)21-9-10-22-20-16-25(32(29,30)31)24-15-19(28)11-13-27(24,5)23(20)12-14-26(21,22)4/h15,17-18,20-23,25H,6-14,16H2,1-5H3,(H,29,30,31)/t18-,20+,21-,22+,23+,25?,26-,27-/m1/s1. The van der Waals surface area contributed by atoms with Crippen molar-refractivity contribution in [2.45, 2.75) is 104 Å². The quantitative estimate of drug-likeness (QED) is 0.458. The number of rotatable bonds is 6. The molecule has 4 nitrogen and oxygen atoms in total. The molecular weight excluding hydrogens is 420 g/mol. The maximum Gasteiger partial charge on any atom is 0.271 e. The highest BCUT2D eigenvalue weighted by Gasteiger charge is 2.62. The molecule has 0 aromatic carbocycles. The normalized spacial score (nSPS) is 42.8. The maximum absolute atomic E-state index is 12.5. The number of carbonyl (C=O) groups excluding carboxylic acids is 1. The van der Waals surface area contributed by atoms with Crippen LogP contribution < -0.4 is 0 Å². The molecule has 3 saturated carbocycles. The minimum atomic E-state index is -4.23. The fourth-order valence-corrected chi connectivity index (χ4v) is 10.0. The van der Waals surface area contributed by atoms with Gasteiger partial charge in [-0.3, -0.25) is 9.35 Å². The van der Waals surface area contributed by atoms with Crippen LogP contribution in [-0.4, -0.2) is 24.0 Å². The van der Waals surface area contributed by atoms with E-state index in [2.05, 4.69) is 34.6 Å². The van der Waals surface area contributed by atoms with E-state index in [-0.39, 0.29) is 16.6 Å². The number of fused-ring (bicyclic) bond motifs is 5. The lowest BCUT2D eigenvalue weighted by atomic mass is 9.46. The van der Waals surface area contributed by atoms with Gasteiger partial charge in [-0.25, -0.2) is 0 Å². The van der Waals surface area contributed by atoms with E-state index < -0.39 is 15.4 Å². The molecule has 4 aliphatic rings. The van der Waals surface area contributed by atoms with E-state index in [9.17, 15) is 17.8 Å². The fraction of sp³-hybridized carbons (Fsp3) is 0.889. The van der Waals surface area contributed by atoms with Gasteiger partial charge in [0.15, 0.2) is 5.78 Å². The Balaban J connectivity index is 1.61. The lowest BCUT2D eigenvalue weighted by Gasteiger charge is -2.59. The number of hydrogen-bond acceptors (Lipinski definition) is 3. The molecule has 0 aromatic rings. The molecule has 0 saturated heterocycles. The van der Waals surface area contributed by atoms with E-state index in [0.717, 1.165) is 18.8 Å². The third-order valence-electron chi connectivity index (χ3n) is 10.5. The third kappa shape index (κ3) is 4.04. The second-order valence-corrected chi connectivity index (χ2v) is 14.2. The summed E-state index contributed by atoms with van der Waals surface area (Å²) in [6.45, 7) is 11.7. The lowest BCUT2D eigenvalue weighted by molar-refractivity contribution is -0.117. The first-order valence-corrected chi connectivity index (χ1v) is 14.6. The number of ketones is 1. The lowest BCUT2D eigenvalue weighted by Crippen LogP contribution is -2.55. The highest BCUT2D eigenvalue weighted by molar-refractivity contribution is 7.86. The molecule has 3 fully saturated rings. The molecule has 0 amide bonds. The summed E-state index contributed by atoms with van der Waals surface area (Å²) in [5.74, 6) is 3.47. The molecule has 0 radical (unpaired) electrons. The second-order valence-electron chi connectivity index (χ2n) is 12.6. The van der Waals surface area contributed by atoms with Gasteiger partial charge in [0.1, 0.15) is 5.25 Å². The predicted octanol–water partition coefficient (Wildman–Crippen LogP) is 6.46. The van der Waals surface area contributed by atoms with Crippen LogP contribution in [0.15, 0.2) is 11.6 Å². The van der Waals surface area contributed by atoms with E-state index in [1.54, 1.807) is 6.08 Å². The Bertz CT molecular complexity index is 874. The van der Waals surface area contributed by atoms with Crippen molar-refractivity contribution in [3.63, 3.8) is 0 Å². The Morgan fingerprint density at radius 2 is 1.78 bits per heavy atom. The predicted molar refractivity (Wildman–Crippen MR) is 129 cm³/mol. The summed E-state index contributed by atoms with van der Waals surface area (Å²) >= 11 is 0. The van der Waals surface area contributed by atoms with E-state index in [1.165, 1.54) is 38.5 Å². The van der Waals surface area contributed by atoms with E-state index in [0.29, 0.717) is 48.0 Å². The minimum absolute atomic E-state index is 0.0152. The molecule has 0 heterocycles. The fourth-order valence-electron chi connectivity index (χ4n) is 8.89. The Morgan fingerprint density at radius 1 is 1.06 bits per heavy atom. The Kier molecular flexibility index (Phi) is 6.51. The largest absolute Gasteiger partial charge is 0.295 e. The number of carbonyl (C=O) groups is 1. The van der Waals surface area contributed by atoms with Crippen molar-refractivity contribution in [1.82, 2.24) is 0 Å². The smallest absolute Gasteiger partial charge is 0.271 e. The first-order chi connectivity index (χ1) is 14.9. The first-order valence-electron chi connectivity index (χ1n) is 13.1. The highest BCUT2D eigenvalue weighted by atomic mass is 32.2. The first kappa shape index (κ1) is 24.4. The van der Waals surface area contributed by atoms with Crippen LogP contribution >= 0.6 is 0 Å². The molecule has 4 aliphatic carbocycles. The van der Waals surface area contributed by atoms with Gasteiger partial charge in [0.05, 0.1) is 0 Å². The molecule has 0 aromatic heterocycles. The van der Waals surface area contributed by atoms with Gasteiger partial charge >= 0.3 is 0 Å². The Morgan fingerprint density at radius 3 is 2.44 bits per heavy atom. The zero-order valence-electron chi connectivity index (χ0n) is 20.8. The van der Waals surface area contributed by atoms with Gasteiger partial charge in [-0.2, -0.15) is 8.42 Å². The highest BCUT2D eigenvalue weighted by Crippen LogP contribution is 2.68. The van der Waals surface area contributed by atoms with Crippen molar-refractivity contribution in [2.24, 2.45) is 46.3 Å². The summed E-state index contributed by atoms with van der Waals surface area (Å²) in [7, 11) is -4.23. The zero-order valence-corrected chi connectivity index (χ0v) is 21.6. The van der Waals surface area contributed by atoms with Crippen LogP contribution in [0.2, 0.25) is 0 Å². The molecule has 1 N–H and O–H groups in total. The molecule has 1 unspecified atom stereocenters. The molecule has 8 atom stereocenters. The van der Waals surface area contributed by atoms with Gasteiger partial charge in [0, 0.05) is 6.42 Å². The molecule has 32 heavy (non-hydrogen) atoms. The summed E-state index contributed by atoms with van der Waals surface area (Å²) in [5.41, 5.74) is 0.696. The molecular formula is C27H44O4S. The van der Waals surface area contributed by atoms with Crippen LogP contribution in [0, 0.1) is 46.3 Å². The molecule has 5 heteroatoms. The van der Waals surface area contributed by atoms with Gasteiger partial charge in [0.2, 0.25) is 0 Å². The van der Waals surface area contributed by atoms with Crippen molar-refractivity contribution in [1.29, 1.82) is 0 Å². The van der Waals surface area contributed by atoms with Gasteiger partial charge in [-0.05, 0) is 96.5 Å². The molecule has 4 rings (SSSR count). The summed E-state index contributed by atoms with van der Waals surface area (Å²) < 4.78 is 35.2. The van der Waals surface area contributed by atoms with Crippen LogP contribution in [0.25, 0.3) is 0 Å². The van der Waals surface area contributed by atoms with Crippen molar-refractivity contribution in [3.8, 4) is 0 Å². The van der Waals surface area contributed by atoms with Gasteiger partial charge < -0.3 is 0 Å². The summed E-state index contributed by atoms with van der Waals surface area (Å²) in [6, 6.07) is 0. The third-order valence-corrected chi connectivity index (χ3v) is 11.7. The van der Waals surface area contributed by atoms with Crippen molar-refractivity contribution >= 4 is 15.9 Å². The van der Waals surface area contributed by atoms with Crippen molar-refractivity contribution in [2.75, 3.05) is 0 Å². The second kappa shape index (κ2) is 8.52. The SMILES string of the molecule is CC(C)CCC[C@@H](C)[C@H]1CC[C@H]2[C@@H]3CC(S(=O)(=O)O)C4=CC(=O)CC[C@]4(C)[C@H]3CC[C@]12C. The topological polar surface area (TPSA) is 71.4 Å². The summed E-state index contributed by atoms with van der Waals surface area (Å²) in [6.07, 6.45) is 12.0.